The number of rotatable bonds is 17. The molecule has 0 fully saturated rings. The summed E-state index contributed by atoms with van der Waals surface area (Å²) in [5, 5.41) is 9.02. The molecule has 0 aliphatic heterocycles. The summed E-state index contributed by atoms with van der Waals surface area (Å²) in [7, 11) is 0. The first-order chi connectivity index (χ1) is 11.5. The van der Waals surface area contributed by atoms with E-state index in [-0.39, 0.29) is 0 Å². The maximum atomic E-state index is 11.0. The third-order valence-electron chi connectivity index (χ3n) is 4.81. The fourth-order valence-electron chi connectivity index (χ4n) is 2.91. The van der Waals surface area contributed by atoms with Crippen LogP contribution in [0.1, 0.15) is 117 Å². The van der Waals surface area contributed by atoms with Crippen LogP contribution in [0.3, 0.4) is 0 Å². The van der Waals surface area contributed by atoms with E-state index in [0.29, 0.717) is 0 Å². The van der Waals surface area contributed by atoms with Gasteiger partial charge in [0.2, 0.25) is 0 Å². The number of allylic oxidation sites excluding steroid dienone is 1. The van der Waals surface area contributed by atoms with E-state index in [1.54, 1.807) is 13.8 Å². The van der Waals surface area contributed by atoms with Crippen LogP contribution in [0.4, 0.5) is 0 Å². The normalized spacial score (nSPS) is 12.1. The average molecular weight is 339 g/mol. The Kier molecular flexibility index (Phi) is 15.2. The second kappa shape index (κ2) is 15.7. The minimum absolute atomic E-state index is 0.726. The van der Waals surface area contributed by atoms with E-state index in [4.69, 9.17) is 5.11 Å². The molecule has 0 aromatic carbocycles. The van der Waals surface area contributed by atoms with Crippen molar-refractivity contribution in [2.45, 2.75) is 117 Å². The smallest absolute Gasteiger partial charge is 0.312 e. The van der Waals surface area contributed by atoms with Gasteiger partial charge >= 0.3 is 5.97 Å². The summed E-state index contributed by atoms with van der Waals surface area (Å²) in [5.74, 6) is -0.750. The molecule has 2 heteroatoms. The Morgan fingerprint density at radius 2 is 1.12 bits per heavy atom. The van der Waals surface area contributed by atoms with Crippen molar-refractivity contribution in [1.82, 2.24) is 0 Å². The van der Waals surface area contributed by atoms with Crippen LogP contribution >= 0.6 is 0 Å². The minimum Gasteiger partial charge on any atom is -0.481 e. The molecule has 0 aromatic rings. The first kappa shape index (κ1) is 23.2. The third kappa shape index (κ3) is 14.8. The lowest BCUT2D eigenvalue weighted by Gasteiger charge is -2.12. The topological polar surface area (TPSA) is 37.3 Å². The Bertz CT molecular complexity index is 318. The summed E-state index contributed by atoms with van der Waals surface area (Å²) >= 11 is 0. The van der Waals surface area contributed by atoms with Crippen LogP contribution in [0.15, 0.2) is 12.2 Å². The van der Waals surface area contributed by atoms with Gasteiger partial charge in [-0.2, -0.15) is 0 Å². The number of aliphatic carboxylic acids is 1. The number of hydrogen-bond acceptors (Lipinski definition) is 1. The fourth-order valence-corrected chi connectivity index (χ4v) is 2.91. The average Bonchev–Trinajstić information content (AvgIpc) is 2.54. The molecule has 0 aliphatic carbocycles. The van der Waals surface area contributed by atoms with Gasteiger partial charge in [-0.3, -0.25) is 4.79 Å². The van der Waals surface area contributed by atoms with Crippen molar-refractivity contribution in [3.63, 3.8) is 0 Å². The molecule has 0 heterocycles. The number of carbonyl (C=O) groups is 1. The Labute approximate surface area is 151 Å². The Balaban J connectivity index is 3.23. The fraction of sp³-hybridized carbons (Fsp3) is 0.864. The van der Waals surface area contributed by atoms with Gasteiger partial charge in [0.15, 0.2) is 0 Å². The molecule has 0 saturated carbocycles. The lowest BCUT2D eigenvalue weighted by atomic mass is 9.93. The van der Waals surface area contributed by atoms with Gasteiger partial charge in [-0.05, 0) is 26.7 Å². The molecule has 142 valence electrons. The molecule has 0 spiro atoms. The van der Waals surface area contributed by atoms with Crippen molar-refractivity contribution in [1.29, 1.82) is 0 Å². The number of carboxylic acid groups (broad SMARTS) is 1. The van der Waals surface area contributed by atoms with Crippen molar-refractivity contribution >= 4 is 5.97 Å². The highest BCUT2D eigenvalue weighted by Crippen LogP contribution is 2.18. The highest BCUT2D eigenvalue weighted by molar-refractivity contribution is 5.75. The van der Waals surface area contributed by atoms with Crippen LogP contribution in [-0.2, 0) is 4.79 Å². The third-order valence-corrected chi connectivity index (χ3v) is 4.81. The zero-order valence-electron chi connectivity index (χ0n) is 16.6. The van der Waals surface area contributed by atoms with Crippen molar-refractivity contribution in [2.24, 2.45) is 5.41 Å². The Morgan fingerprint density at radius 3 is 1.50 bits per heavy atom. The molecular weight excluding hydrogens is 296 g/mol. The highest BCUT2D eigenvalue weighted by Gasteiger charge is 2.22. The van der Waals surface area contributed by atoms with Crippen molar-refractivity contribution < 1.29 is 9.90 Å². The molecule has 24 heavy (non-hydrogen) atoms. The molecule has 0 atom stereocenters. The molecule has 0 saturated heterocycles. The van der Waals surface area contributed by atoms with Crippen molar-refractivity contribution in [3.8, 4) is 0 Å². The largest absolute Gasteiger partial charge is 0.481 e. The lowest BCUT2D eigenvalue weighted by molar-refractivity contribution is -0.144. The van der Waals surface area contributed by atoms with Crippen molar-refractivity contribution in [2.75, 3.05) is 0 Å². The SMILES string of the molecule is CCCCCCCCCCCCCCCCC=CC(C)(C)C(=O)O. The minimum atomic E-state index is -0.750. The summed E-state index contributed by atoms with van der Waals surface area (Å²) in [4.78, 5) is 11.0. The Morgan fingerprint density at radius 1 is 0.750 bits per heavy atom. The zero-order chi connectivity index (χ0) is 18.1. The van der Waals surface area contributed by atoms with E-state index in [1.807, 2.05) is 12.2 Å². The first-order valence-electron chi connectivity index (χ1n) is 10.4. The summed E-state index contributed by atoms with van der Waals surface area (Å²) in [6.07, 6.45) is 24.1. The number of carboxylic acids is 1. The van der Waals surface area contributed by atoms with E-state index in [1.165, 1.54) is 89.9 Å². The van der Waals surface area contributed by atoms with Crippen LogP contribution in [0.5, 0.6) is 0 Å². The van der Waals surface area contributed by atoms with Gasteiger partial charge in [-0.25, -0.2) is 0 Å². The maximum Gasteiger partial charge on any atom is 0.312 e. The van der Waals surface area contributed by atoms with Crippen LogP contribution in [0.25, 0.3) is 0 Å². The van der Waals surface area contributed by atoms with E-state index < -0.39 is 11.4 Å². The van der Waals surface area contributed by atoms with E-state index in [0.717, 1.165) is 6.42 Å². The van der Waals surface area contributed by atoms with Gasteiger partial charge in [0.05, 0.1) is 5.41 Å². The van der Waals surface area contributed by atoms with Crippen LogP contribution in [0, 0.1) is 5.41 Å². The highest BCUT2D eigenvalue weighted by atomic mass is 16.4. The molecule has 1 N–H and O–H groups in total. The van der Waals surface area contributed by atoms with Gasteiger partial charge in [-0.1, -0.05) is 103 Å². The van der Waals surface area contributed by atoms with Gasteiger partial charge in [0.25, 0.3) is 0 Å². The van der Waals surface area contributed by atoms with E-state index in [9.17, 15) is 4.79 Å². The standard InChI is InChI=1S/C22H42O2/c1-4-5-6-7-8-9-10-11-12-13-14-15-16-17-18-19-20-22(2,3)21(23)24/h19-20H,4-18H2,1-3H3,(H,23,24). The van der Waals surface area contributed by atoms with Gasteiger partial charge in [-0.15, -0.1) is 0 Å². The molecule has 2 nitrogen and oxygen atoms in total. The lowest BCUT2D eigenvalue weighted by Crippen LogP contribution is -2.20. The van der Waals surface area contributed by atoms with Gasteiger partial charge < -0.3 is 5.11 Å². The molecule has 0 radical (unpaired) electrons. The van der Waals surface area contributed by atoms with E-state index in [2.05, 4.69) is 6.92 Å². The molecule has 0 aromatic heterocycles. The molecule has 0 aliphatic rings. The molecule has 0 bridgehead atoms. The number of hydrogen-bond donors (Lipinski definition) is 1. The van der Waals surface area contributed by atoms with Crippen LogP contribution < -0.4 is 0 Å². The Hall–Kier alpha value is -0.790. The summed E-state index contributed by atoms with van der Waals surface area (Å²) < 4.78 is 0. The van der Waals surface area contributed by atoms with Crippen molar-refractivity contribution in [3.05, 3.63) is 12.2 Å². The second-order valence-electron chi connectivity index (χ2n) is 7.81. The quantitative estimate of drug-likeness (QED) is 0.220. The van der Waals surface area contributed by atoms with Crippen LogP contribution in [0.2, 0.25) is 0 Å². The van der Waals surface area contributed by atoms with E-state index >= 15 is 0 Å². The predicted octanol–water partition coefficient (Wildman–Crippen LogP) is 7.52. The maximum absolute atomic E-state index is 11.0. The first-order valence-corrected chi connectivity index (χ1v) is 10.4. The molecule has 0 unspecified atom stereocenters. The monoisotopic (exact) mass is 338 g/mol. The summed E-state index contributed by atoms with van der Waals surface area (Å²) in [6, 6.07) is 0. The van der Waals surface area contributed by atoms with Gasteiger partial charge in [0, 0.05) is 0 Å². The molecular formula is C22H42O2. The van der Waals surface area contributed by atoms with Crippen LogP contribution in [-0.4, -0.2) is 11.1 Å². The molecule has 0 rings (SSSR count). The second-order valence-corrected chi connectivity index (χ2v) is 7.81. The summed E-state index contributed by atoms with van der Waals surface area (Å²) in [5.41, 5.74) is -0.726. The predicted molar refractivity (Wildman–Crippen MR) is 105 cm³/mol. The number of unbranched alkanes of at least 4 members (excludes halogenated alkanes) is 14. The molecule has 0 amide bonds. The van der Waals surface area contributed by atoms with Gasteiger partial charge in [0.1, 0.15) is 0 Å². The zero-order valence-corrected chi connectivity index (χ0v) is 16.6. The summed E-state index contributed by atoms with van der Waals surface area (Å²) in [6.45, 7) is 5.77.